The molecule has 0 nitrogen and oxygen atoms in total. The van der Waals surface area contributed by atoms with Gasteiger partial charge in [-0.1, -0.05) is 45.4 Å². The Bertz CT molecular complexity index is 97.7. The highest BCUT2D eigenvalue weighted by atomic mass is 79.9. The van der Waals surface area contributed by atoms with E-state index in [0.29, 0.717) is 0 Å². The average Bonchev–Trinajstić information content (AvgIpc) is 2.07. The third-order valence-electron chi connectivity index (χ3n) is 2.88. The van der Waals surface area contributed by atoms with Crippen molar-refractivity contribution in [1.82, 2.24) is 0 Å². The maximum absolute atomic E-state index is 3.71. The van der Waals surface area contributed by atoms with Gasteiger partial charge in [0.05, 0.1) is 0 Å². The van der Waals surface area contributed by atoms with Crippen LogP contribution in [0.3, 0.4) is 0 Å². The Morgan fingerprint density at radius 1 is 1.27 bits per heavy atom. The van der Waals surface area contributed by atoms with E-state index in [0.717, 1.165) is 9.97 Å². The molecular formula is C9H17BrMg. The monoisotopic (exact) mass is 228 g/mol. The van der Waals surface area contributed by atoms with Crippen molar-refractivity contribution in [1.29, 1.82) is 0 Å². The van der Waals surface area contributed by atoms with E-state index in [2.05, 4.69) is 19.8 Å². The summed E-state index contributed by atoms with van der Waals surface area (Å²) in [4.78, 5) is 0. The van der Waals surface area contributed by atoms with Crippen LogP contribution in [0.2, 0.25) is 4.05 Å². The molecule has 62 valence electrons. The summed E-state index contributed by atoms with van der Waals surface area (Å²) in [6.07, 6.45) is 8.98. The largest absolute Gasteiger partial charge is 0.471 e. The van der Waals surface area contributed by atoms with Crippen molar-refractivity contribution < 1.29 is 0 Å². The Labute approximate surface area is 86.1 Å². The summed E-state index contributed by atoms with van der Waals surface area (Å²) >= 11 is 3.85. The molecule has 0 saturated heterocycles. The van der Waals surface area contributed by atoms with Gasteiger partial charge in [-0.25, -0.2) is 0 Å². The van der Waals surface area contributed by atoms with Crippen molar-refractivity contribution in [3.63, 3.8) is 0 Å². The van der Waals surface area contributed by atoms with E-state index in [9.17, 15) is 0 Å². The minimum atomic E-state index is 0.144. The van der Waals surface area contributed by atoms with Crippen LogP contribution in [-0.2, 0) is 0 Å². The molecule has 0 atom stereocenters. The van der Waals surface area contributed by atoms with Crippen molar-refractivity contribution >= 4 is 31.1 Å². The van der Waals surface area contributed by atoms with Gasteiger partial charge in [0.15, 0.2) is 0 Å². The average molecular weight is 229 g/mol. The Kier molecular flexibility index (Phi) is 5.46. The molecule has 0 aliphatic heterocycles. The lowest BCUT2D eigenvalue weighted by Gasteiger charge is -2.27. The molecule has 0 bridgehead atoms. The zero-order valence-corrected chi connectivity index (χ0v) is 10.5. The summed E-state index contributed by atoms with van der Waals surface area (Å²) in [6, 6.07) is 0. The summed E-state index contributed by atoms with van der Waals surface area (Å²) in [7, 11) is 0. The van der Waals surface area contributed by atoms with E-state index in [-0.39, 0.29) is 18.2 Å². The highest BCUT2D eigenvalue weighted by molar-refractivity contribution is 9.23. The molecule has 1 aliphatic rings. The Morgan fingerprint density at radius 3 is 2.36 bits per heavy atom. The lowest BCUT2D eigenvalue weighted by molar-refractivity contribution is 0.337. The van der Waals surface area contributed by atoms with Gasteiger partial charge in [-0.05, 0) is 5.92 Å². The van der Waals surface area contributed by atoms with Gasteiger partial charge in [0.2, 0.25) is 0 Å². The minimum Gasteiger partial charge on any atom is -0.306 e. The van der Waals surface area contributed by atoms with E-state index in [1.165, 1.54) is 38.5 Å². The molecule has 2 heteroatoms. The third kappa shape index (κ3) is 3.64. The zero-order valence-electron chi connectivity index (χ0n) is 7.48. The zero-order chi connectivity index (χ0) is 8.10. The van der Waals surface area contributed by atoms with Gasteiger partial charge >= 0.3 is 18.2 Å². The quantitative estimate of drug-likeness (QED) is 0.646. The fourth-order valence-corrected chi connectivity index (χ4v) is 4.81. The number of hydrogen-bond donors (Lipinski definition) is 0. The van der Waals surface area contributed by atoms with Crippen LogP contribution in [-0.4, -0.2) is 18.2 Å². The van der Waals surface area contributed by atoms with Crippen molar-refractivity contribution in [3.8, 4) is 0 Å². The SMILES string of the molecule is CCCC1CC[CH]([Mg][Br])CC1. The molecule has 0 heterocycles. The van der Waals surface area contributed by atoms with Gasteiger partial charge < -0.3 is 12.9 Å². The molecule has 0 unspecified atom stereocenters. The van der Waals surface area contributed by atoms with Crippen molar-refractivity contribution in [2.24, 2.45) is 5.92 Å². The molecule has 1 aliphatic carbocycles. The first-order valence-corrected chi connectivity index (χ1v) is 9.64. The molecule has 0 aromatic rings. The van der Waals surface area contributed by atoms with E-state index >= 15 is 0 Å². The van der Waals surface area contributed by atoms with E-state index in [4.69, 9.17) is 0 Å². The Hall–Kier alpha value is 1.25. The maximum atomic E-state index is 3.71. The van der Waals surface area contributed by atoms with Crippen LogP contribution in [0.25, 0.3) is 0 Å². The second-order valence-electron chi connectivity index (χ2n) is 3.83. The number of hydrogen-bond acceptors (Lipinski definition) is 0. The highest BCUT2D eigenvalue weighted by Gasteiger charge is 2.20. The first kappa shape index (κ1) is 10.3. The molecule has 0 spiro atoms. The van der Waals surface area contributed by atoms with Gasteiger partial charge in [0, 0.05) is 0 Å². The first-order chi connectivity index (χ1) is 5.36. The van der Waals surface area contributed by atoms with Crippen LogP contribution in [0.1, 0.15) is 45.4 Å². The molecule has 1 rings (SSSR count). The summed E-state index contributed by atoms with van der Waals surface area (Å²) in [5, 5.41) is 0. The van der Waals surface area contributed by atoms with E-state index < -0.39 is 0 Å². The van der Waals surface area contributed by atoms with Gasteiger partial charge in [-0.3, -0.25) is 0 Å². The van der Waals surface area contributed by atoms with Crippen molar-refractivity contribution in [2.75, 3.05) is 0 Å². The van der Waals surface area contributed by atoms with Crippen molar-refractivity contribution in [3.05, 3.63) is 0 Å². The molecule has 0 aromatic heterocycles. The molecule has 1 saturated carbocycles. The third-order valence-corrected chi connectivity index (χ3v) is 6.88. The van der Waals surface area contributed by atoms with Gasteiger partial charge in [0.1, 0.15) is 0 Å². The second kappa shape index (κ2) is 5.82. The summed E-state index contributed by atoms with van der Waals surface area (Å²) in [5.74, 6) is 1.09. The predicted molar refractivity (Wildman–Crippen MR) is 55.3 cm³/mol. The normalized spacial score (nSPS) is 31.5. The molecular weight excluding hydrogens is 212 g/mol. The van der Waals surface area contributed by atoms with Crippen LogP contribution in [0, 0.1) is 5.92 Å². The minimum absolute atomic E-state index is 0.144. The lowest BCUT2D eigenvalue weighted by Crippen LogP contribution is -2.12. The molecule has 1 fully saturated rings. The molecule has 0 radical (unpaired) electrons. The molecule has 0 aromatic carbocycles. The molecule has 0 amide bonds. The fourth-order valence-electron chi connectivity index (χ4n) is 2.08. The standard InChI is InChI=1S/C9H17.BrH.Mg/c1-2-6-9-7-4-3-5-8-9;;/h3,9H,2,4-8H2,1H3;1H;/q;;+1/p-1. The smallest absolute Gasteiger partial charge is 0.306 e. The van der Waals surface area contributed by atoms with E-state index in [1.807, 2.05) is 0 Å². The highest BCUT2D eigenvalue weighted by Crippen LogP contribution is 2.34. The summed E-state index contributed by atoms with van der Waals surface area (Å²) in [6.45, 7) is 2.31. The molecule has 0 N–H and O–H groups in total. The topological polar surface area (TPSA) is 0 Å². The first-order valence-electron chi connectivity index (χ1n) is 4.92. The van der Waals surface area contributed by atoms with Gasteiger partial charge in [-0.2, -0.15) is 0 Å². The molecule has 11 heavy (non-hydrogen) atoms. The summed E-state index contributed by atoms with van der Waals surface area (Å²) < 4.78 is 1.13. The van der Waals surface area contributed by atoms with Crippen LogP contribution in [0.5, 0.6) is 0 Å². The van der Waals surface area contributed by atoms with Crippen molar-refractivity contribution in [2.45, 2.75) is 49.5 Å². The number of halogens is 1. The second-order valence-corrected chi connectivity index (χ2v) is 7.24. The van der Waals surface area contributed by atoms with Crippen LogP contribution in [0.4, 0.5) is 0 Å². The van der Waals surface area contributed by atoms with Gasteiger partial charge in [0.25, 0.3) is 0 Å². The predicted octanol–water partition coefficient (Wildman–Crippen LogP) is 3.78. The lowest BCUT2D eigenvalue weighted by atomic mass is 9.86. The van der Waals surface area contributed by atoms with Crippen LogP contribution < -0.4 is 0 Å². The number of rotatable bonds is 3. The fraction of sp³-hybridized carbons (Fsp3) is 1.00. The van der Waals surface area contributed by atoms with Crippen LogP contribution >= 0.6 is 12.9 Å². The maximum Gasteiger partial charge on any atom is 0.471 e. The van der Waals surface area contributed by atoms with Crippen LogP contribution in [0.15, 0.2) is 0 Å². The summed E-state index contributed by atoms with van der Waals surface area (Å²) in [5.41, 5.74) is 0. The Morgan fingerprint density at radius 2 is 1.91 bits per heavy atom. The van der Waals surface area contributed by atoms with E-state index in [1.54, 1.807) is 0 Å². The van der Waals surface area contributed by atoms with Gasteiger partial charge in [-0.15, -0.1) is 4.05 Å². The Balaban J connectivity index is 2.14.